The molecule has 0 amide bonds. The quantitative estimate of drug-likeness (QED) is 0.321. The molecular weight excluding hydrogens is 112 g/mol. The second kappa shape index (κ2) is 5.42. The molecule has 0 aliphatic heterocycles. The smallest absolute Gasteiger partial charge is 0.105 e. The number of rotatable bonds is 3. The second-order valence-corrected chi connectivity index (χ2v) is 2.10. The third-order valence-corrected chi connectivity index (χ3v) is 0.747. The maximum Gasteiger partial charge on any atom is 0.105 e. The Kier molecular flexibility index (Phi) is 4.98. The Labute approximate surface area is 57.0 Å². The molecule has 1 nitrogen and oxygen atoms in total. The number of hydrogen-bond acceptors (Lipinski definition) is 1. The van der Waals surface area contributed by atoms with Crippen molar-refractivity contribution in [3.63, 3.8) is 0 Å². The lowest BCUT2D eigenvalue weighted by atomic mass is 10.4. The molecule has 0 unspecified atom stereocenters. The fourth-order valence-corrected chi connectivity index (χ4v) is 0.367. The average Bonchev–Trinajstić information content (AvgIpc) is 1.80. The fourth-order valence-electron chi connectivity index (χ4n) is 0.367. The minimum atomic E-state index is 0.682. The van der Waals surface area contributed by atoms with E-state index in [2.05, 4.69) is 0 Å². The van der Waals surface area contributed by atoms with Crippen molar-refractivity contribution in [2.75, 3.05) is 6.61 Å². The van der Waals surface area contributed by atoms with Crippen LogP contribution in [0, 0.1) is 0 Å². The van der Waals surface area contributed by atoms with E-state index in [1.165, 1.54) is 5.57 Å². The van der Waals surface area contributed by atoms with Crippen LogP contribution in [-0.2, 0) is 4.74 Å². The Hall–Kier alpha value is -0.720. The van der Waals surface area contributed by atoms with Gasteiger partial charge in [0.15, 0.2) is 0 Å². The van der Waals surface area contributed by atoms with Crippen LogP contribution in [-0.4, -0.2) is 6.61 Å². The molecule has 0 aliphatic carbocycles. The summed E-state index contributed by atoms with van der Waals surface area (Å²) in [4.78, 5) is 0. The normalized spacial score (nSPS) is 9.67. The van der Waals surface area contributed by atoms with Crippen LogP contribution in [0.15, 0.2) is 24.0 Å². The van der Waals surface area contributed by atoms with Crippen molar-refractivity contribution in [2.45, 2.75) is 20.8 Å². The van der Waals surface area contributed by atoms with E-state index in [-0.39, 0.29) is 0 Å². The fraction of sp³-hybridized carbons (Fsp3) is 0.500. The zero-order valence-electron chi connectivity index (χ0n) is 6.35. The second-order valence-electron chi connectivity index (χ2n) is 2.10. The van der Waals surface area contributed by atoms with Gasteiger partial charge in [-0.15, -0.1) is 0 Å². The average molecular weight is 126 g/mol. The van der Waals surface area contributed by atoms with Gasteiger partial charge in [0, 0.05) is 0 Å². The first-order valence-corrected chi connectivity index (χ1v) is 3.13. The molecule has 0 aromatic heterocycles. The van der Waals surface area contributed by atoms with E-state index in [9.17, 15) is 0 Å². The summed E-state index contributed by atoms with van der Waals surface area (Å²) in [6.07, 6.45) is 5.71. The molecule has 0 atom stereocenters. The van der Waals surface area contributed by atoms with Gasteiger partial charge < -0.3 is 4.74 Å². The molecule has 0 heterocycles. The monoisotopic (exact) mass is 126 g/mol. The molecule has 0 saturated heterocycles. The highest BCUT2D eigenvalue weighted by atomic mass is 16.5. The molecule has 0 bridgehead atoms. The van der Waals surface area contributed by atoms with Crippen LogP contribution in [0.3, 0.4) is 0 Å². The van der Waals surface area contributed by atoms with Gasteiger partial charge in [-0.05, 0) is 26.3 Å². The lowest BCUT2D eigenvalue weighted by Gasteiger charge is -1.93. The Morgan fingerprint density at radius 3 is 2.56 bits per heavy atom. The van der Waals surface area contributed by atoms with Crippen molar-refractivity contribution in [3.8, 4) is 0 Å². The van der Waals surface area contributed by atoms with E-state index < -0.39 is 0 Å². The van der Waals surface area contributed by atoms with Gasteiger partial charge in [-0.25, -0.2) is 0 Å². The van der Waals surface area contributed by atoms with Crippen LogP contribution in [0.25, 0.3) is 0 Å². The van der Waals surface area contributed by atoms with Gasteiger partial charge in [-0.3, -0.25) is 0 Å². The maximum absolute atomic E-state index is 5.09. The maximum atomic E-state index is 5.09. The summed E-state index contributed by atoms with van der Waals surface area (Å²) in [5.74, 6) is 0. The standard InChI is InChI=1S/C8H14O/c1-4-5-6-9-7-8(2)3/h4-5,7H,6H2,1-3H3/b5-4+. The van der Waals surface area contributed by atoms with E-state index in [4.69, 9.17) is 4.74 Å². The minimum Gasteiger partial charge on any atom is -0.497 e. The molecule has 0 spiro atoms. The summed E-state index contributed by atoms with van der Waals surface area (Å²) in [5.41, 5.74) is 1.19. The third kappa shape index (κ3) is 7.28. The Morgan fingerprint density at radius 2 is 2.11 bits per heavy atom. The molecule has 0 aliphatic rings. The first-order valence-electron chi connectivity index (χ1n) is 3.13. The zero-order chi connectivity index (χ0) is 7.11. The molecule has 0 saturated carbocycles. The molecule has 52 valence electrons. The van der Waals surface area contributed by atoms with Crippen molar-refractivity contribution < 1.29 is 4.74 Å². The summed E-state index contributed by atoms with van der Waals surface area (Å²) in [5, 5.41) is 0. The SMILES string of the molecule is C/C=C/COC=C(C)C. The molecule has 0 radical (unpaired) electrons. The van der Waals surface area contributed by atoms with Gasteiger partial charge in [-0.1, -0.05) is 12.2 Å². The molecule has 9 heavy (non-hydrogen) atoms. The number of ether oxygens (including phenoxy) is 1. The summed E-state index contributed by atoms with van der Waals surface area (Å²) in [7, 11) is 0. The van der Waals surface area contributed by atoms with Crippen molar-refractivity contribution >= 4 is 0 Å². The van der Waals surface area contributed by atoms with E-state index in [0.717, 1.165) is 0 Å². The Bertz CT molecular complexity index is 108. The lowest BCUT2D eigenvalue weighted by molar-refractivity contribution is 0.286. The molecule has 1 heteroatoms. The van der Waals surface area contributed by atoms with Crippen LogP contribution in [0.4, 0.5) is 0 Å². The molecule has 0 aromatic rings. The number of hydrogen-bond donors (Lipinski definition) is 0. The van der Waals surface area contributed by atoms with E-state index in [1.54, 1.807) is 6.26 Å². The van der Waals surface area contributed by atoms with Crippen molar-refractivity contribution in [1.82, 2.24) is 0 Å². The molecular formula is C8H14O. The van der Waals surface area contributed by atoms with Gasteiger partial charge in [0.25, 0.3) is 0 Å². The van der Waals surface area contributed by atoms with Gasteiger partial charge in [0.05, 0.1) is 6.26 Å². The van der Waals surface area contributed by atoms with Crippen molar-refractivity contribution in [1.29, 1.82) is 0 Å². The van der Waals surface area contributed by atoms with Crippen LogP contribution in [0.5, 0.6) is 0 Å². The highest BCUT2D eigenvalue weighted by molar-refractivity contribution is 4.87. The summed E-state index contributed by atoms with van der Waals surface area (Å²) in [6, 6.07) is 0. The van der Waals surface area contributed by atoms with Gasteiger partial charge >= 0.3 is 0 Å². The van der Waals surface area contributed by atoms with Crippen LogP contribution in [0.2, 0.25) is 0 Å². The first kappa shape index (κ1) is 8.28. The predicted octanol–water partition coefficient (Wildman–Crippen LogP) is 2.50. The summed E-state index contributed by atoms with van der Waals surface area (Å²) in [6.45, 7) is 6.68. The molecule has 0 N–H and O–H groups in total. The van der Waals surface area contributed by atoms with Gasteiger partial charge in [0.2, 0.25) is 0 Å². The highest BCUT2D eigenvalue weighted by Crippen LogP contribution is 1.88. The lowest BCUT2D eigenvalue weighted by Crippen LogP contribution is -1.80. The summed E-state index contributed by atoms with van der Waals surface area (Å²) >= 11 is 0. The van der Waals surface area contributed by atoms with E-state index in [0.29, 0.717) is 6.61 Å². The zero-order valence-corrected chi connectivity index (χ0v) is 6.35. The van der Waals surface area contributed by atoms with Gasteiger partial charge in [0.1, 0.15) is 6.61 Å². The molecule has 0 fully saturated rings. The van der Waals surface area contributed by atoms with E-state index in [1.807, 2.05) is 32.9 Å². The predicted molar refractivity (Wildman–Crippen MR) is 40.2 cm³/mol. The van der Waals surface area contributed by atoms with Crippen LogP contribution in [0.1, 0.15) is 20.8 Å². The third-order valence-electron chi connectivity index (χ3n) is 0.747. The minimum absolute atomic E-state index is 0.682. The summed E-state index contributed by atoms with van der Waals surface area (Å²) < 4.78 is 5.09. The van der Waals surface area contributed by atoms with Crippen LogP contribution >= 0.6 is 0 Å². The van der Waals surface area contributed by atoms with Gasteiger partial charge in [-0.2, -0.15) is 0 Å². The molecule has 0 aromatic carbocycles. The van der Waals surface area contributed by atoms with Crippen molar-refractivity contribution in [3.05, 3.63) is 24.0 Å². The first-order chi connectivity index (χ1) is 4.27. The van der Waals surface area contributed by atoms with E-state index >= 15 is 0 Å². The number of allylic oxidation sites excluding steroid dienone is 2. The van der Waals surface area contributed by atoms with Crippen molar-refractivity contribution in [2.24, 2.45) is 0 Å². The van der Waals surface area contributed by atoms with Crippen LogP contribution < -0.4 is 0 Å². The topological polar surface area (TPSA) is 9.23 Å². The highest BCUT2D eigenvalue weighted by Gasteiger charge is 1.74. The molecule has 0 rings (SSSR count). The Balaban J connectivity index is 3.20. The Morgan fingerprint density at radius 1 is 1.44 bits per heavy atom. The largest absolute Gasteiger partial charge is 0.497 e.